The number of hydrogen-bond acceptors (Lipinski definition) is 4. The summed E-state index contributed by atoms with van der Waals surface area (Å²) < 4.78 is 0. The molecule has 1 fully saturated rings. The summed E-state index contributed by atoms with van der Waals surface area (Å²) in [5.74, 6) is -0.0617. The fourth-order valence-electron chi connectivity index (χ4n) is 2.59. The zero-order chi connectivity index (χ0) is 13.0. The highest BCUT2D eigenvalue weighted by molar-refractivity contribution is 7.09. The van der Waals surface area contributed by atoms with Gasteiger partial charge in [0, 0.05) is 18.5 Å². The van der Waals surface area contributed by atoms with Crippen LogP contribution in [0.4, 0.5) is 0 Å². The third kappa shape index (κ3) is 3.91. The van der Waals surface area contributed by atoms with Crippen molar-refractivity contribution in [3.63, 3.8) is 0 Å². The first kappa shape index (κ1) is 16.4. The lowest BCUT2D eigenvalue weighted by molar-refractivity contribution is 0.0828. The lowest BCUT2D eigenvalue weighted by atomic mass is 9.66. The number of nitrogens with one attached hydrogen (secondary N) is 1. The summed E-state index contributed by atoms with van der Waals surface area (Å²) in [5, 5.41) is 5.62. The van der Waals surface area contributed by atoms with Crippen molar-refractivity contribution in [2.75, 3.05) is 6.54 Å². The normalized spacial score (nSPS) is 16.3. The van der Waals surface area contributed by atoms with Crippen LogP contribution in [0.2, 0.25) is 0 Å². The van der Waals surface area contributed by atoms with E-state index in [1.807, 2.05) is 0 Å². The van der Waals surface area contributed by atoms with Gasteiger partial charge in [-0.2, -0.15) is 0 Å². The highest BCUT2D eigenvalue weighted by Crippen LogP contribution is 2.44. The van der Waals surface area contributed by atoms with Crippen LogP contribution in [0.15, 0.2) is 5.38 Å². The Balaban J connectivity index is 0.00000180. The minimum absolute atomic E-state index is 0. The van der Waals surface area contributed by atoms with Gasteiger partial charge >= 0.3 is 0 Å². The van der Waals surface area contributed by atoms with Gasteiger partial charge in [0.2, 0.25) is 0 Å². The van der Waals surface area contributed by atoms with Crippen molar-refractivity contribution < 1.29 is 4.79 Å². The third-order valence-electron chi connectivity index (χ3n) is 3.78. The number of aromatic nitrogens is 1. The lowest BCUT2D eigenvalue weighted by Crippen LogP contribution is -2.42. The second kappa shape index (κ2) is 7.22. The number of rotatable bonds is 6. The topological polar surface area (TPSA) is 68.0 Å². The number of carbonyl (C=O) groups excluding carboxylic acids is 1. The Morgan fingerprint density at radius 1 is 1.58 bits per heavy atom. The molecule has 0 saturated heterocycles. The number of amides is 1. The molecule has 19 heavy (non-hydrogen) atoms. The number of thiazole rings is 1. The van der Waals surface area contributed by atoms with Crippen LogP contribution in [0.1, 0.15) is 54.5 Å². The summed E-state index contributed by atoms with van der Waals surface area (Å²) in [4.78, 5) is 16.2. The first-order chi connectivity index (χ1) is 8.69. The Hall–Kier alpha value is -0.650. The van der Waals surface area contributed by atoms with Gasteiger partial charge in [0.25, 0.3) is 5.91 Å². The van der Waals surface area contributed by atoms with Crippen molar-refractivity contribution in [3.8, 4) is 0 Å². The summed E-state index contributed by atoms with van der Waals surface area (Å²) in [7, 11) is 0. The quantitative estimate of drug-likeness (QED) is 0.849. The average Bonchev–Trinajstić information content (AvgIpc) is 2.80. The molecule has 2 rings (SSSR count). The molecule has 3 N–H and O–H groups in total. The van der Waals surface area contributed by atoms with Crippen LogP contribution in [0.3, 0.4) is 0 Å². The van der Waals surface area contributed by atoms with Gasteiger partial charge in [-0.05, 0) is 24.7 Å². The summed E-state index contributed by atoms with van der Waals surface area (Å²) in [6, 6.07) is 0. The molecule has 0 atom stereocenters. The van der Waals surface area contributed by atoms with Gasteiger partial charge in [-0.1, -0.05) is 19.8 Å². The van der Waals surface area contributed by atoms with Crippen LogP contribution in [-0.4, -0.2) is 17.4 Å². The molecule has 4 nitrogen and oxygen atoms in total. The van der Waals surface area contributed by atoms with Gasteiger partial charge in [-0.25, -0.2) is 4.98 Å². The maximum Gasteiger partial charge on any atom is 0.270 e. The molecular weight excluding hydrogens is 282 g/mol. The standard InChI is InChI=1S/C13H21N3OS.ClH/c1-2-4-13(5-3-6-13)9-15-12(17)10-8-18-11(7-14)16-10;/h8H,2-7,9,14H2,1H3,(H,15,17);1H. The van der Waals surface area contributed by atoms with Gasteiger partial charge in [-0.3, -0.25) is 4.79 Å². The van der Waals surface area contributed by atoms with E-state index in [9.17, 15) is 4.79 Å². The second-order valence-electron chi connectivity index (χ2n) is 5.12. The molecule has 1 aromatic heterocycles. The molecule has 0 spiro atoms. The zero-order valence-corrected chi connectivity index (χ0v) is 12.9. The molecule has 1 aliphatic rings. The molecule has 1 amide bonds. The van der Waals surface area contributed by atoms with E-state index in [1.165, 1.54) is 43.4 Å². The van der Waals surface area contributed by atoms with E-state index in [4.69, 9.17) is 5.73 Å². The molecule has 0 bridgehead atoms. The first-order valence-electron chi connectivity index (χ1n) is 6.62. The molecule has 0 radical (unpaired) electrons. The smallest absolute Gasteiger partial charge is 0.270 e. The molecule has 1 aliphatic carbocycles. The maximum absolute atomic E-state index is 12.0. The summed E-state index contributed by atoms with van der Waals surface area (Å²) >= 11 is 1.44. The monoisotopic (exact) mass is 303 g/mol. The van der Waals surface area contributed by atoms with Crippen molar-refractivity contribution in [1.29, 1.82) is 0 Å². The Kier molecular flexibility index (Phi) is 6.23. The van der Waals surface area contributed by atoms with Crippen LogP contribution < -0.4 is 11.1 Å². The highest BCUT2D eigenvalue weighted by Gasteiger charge is 2.36. The maximum atomic E-state index is 12.0. The molecule has 1 heterocycles. The third-order valence-corrected chi connectivity index (χ3v) is 4.65. The highest BCUT2D eigenvalue weighted by atomic mass is 35.5. The average molecular weight is 304 g/mol. The largest absolute Gasteiger partial charge is 0.350 e. The minimum Gasteiger partial charge on any atom is -0.350 e. The SMILES string of the molecule is CCCC1(CNC(=O)c2csc(CN)n2)CCC1.Cl. The molecule has 1 aromatic rings. The number of carbonyl (C=O) groups is 1. The summed E-state index contributed by atoms with van der Waals surface area (Å²) in [6.07, 6.45) is 6.17. The van der Waals surface area contributed by atoms with E-state index >= 15 is 0 Å². The van der Waals surface area contributed by atoms with E-state index in [0.29, 0.717) is 17.7 Å². The van der Waals surface area contributed by atoms with Crippen molar-refractivity contribution in [3.05, 3.63) is 16.1 Å². The minimum atomic E-state index is -0.0617. The van der Waals surface area contributed by atoms with Gasteiger partial charge in [0.15, 0.2) is 0 Å². The number of nitrogens with two attached hydrogens (primary N) is 1. The fraction of sp³-hybridized carbons (Fsp3) is 0.692. The second-order valence-corrected chi connectivity index (χ2v) is 6.06. The predicted octanol–water partition coefficient (Wildman–Crippen LogP) is 2.72. The predicted molar refractivity (Wildman–Crippen MR) is 80.8 cm³/mol. The van der Waals surface area contributed by atoms with Crippen molar-refractivity contribution in [1.82, 2.24) is 10.3 Å². The van der Waals surface area contributed by atoms with E-state index in [2.05, 4.69) is 17.2 Å². The Morgan fingerprint density at radius 2 is 2.32 bits per heavy atom. The van der Waals surface area contributed by atoms with Crippen molar-refractivity contribution in [2.45, 2.75) is 45.6 Å². The zero-order valence-electron chi connectivity index (χ0n) is 11.3. The lowest BCUT2D eigenvalue weighted by Gasteiger charge is -2.42. The van der Waals surface area contributed by atoms with Gasteiger partial charge in [-0.15, -0.1) is 23.7 Å². The molecule has 0 aromatic carbocycles. The van der Waals surface area contributed by atoms with Crippen molar-refractivity contribution in [2.24, 2.45) is 11.1 Å². The van der Waals surface area contributed by atoms with Crippen LogP contribution in [0.25, 0.3) is 0 Å². The molecule has 0 aliphatic heterocycles. The Morgan fingerprint density at radius 3 is 2.79 bits per heavy atom. The summed E-state index contributed by atoms with van der Waals surface area (Å²) in [6.45, 7) is 3.39. The molecule has 6 heteroatoms. The van der Waals surface area contributed by atoms with Gasteiger partial charge in [0.05, 0.1) is 0 Å². The van der Waals surface area contributed by atoms with Crippen LogP contribution in [0.5, 0.6) is 0 Å². The molecule has 1 saturated carbocycles. The van der Waals surface area contributed by atoms with Crippen LogP contribution >= 0.6 is 23.7 Å². The Bertz CT molecular complexity index is 418. The van der Waals surface area contributed by atoms with E-state index in [0.717, 1.165) is 11.6 Å². The van der Waals surface area contributed by atoms with E-state index in [1.54, 1.807) is 5.38 Å². The van der Waals surface area contributed by atoms with E-state index in [-0.39, 0.29) is 18.3 Å². The first-order valence-corrected chi connectivity index (χ1v) is 7.50. The van der Waals surface area contributed by atoms with Crippen LogP contribution in [0, 0.1) is 5.41 Å². The number of hydrogen-bond donors (Lipinski definition) is 2. The van der Waals surface area contributed by atoms with Crippen molar-refractivity contribution >= 4 is 29.7 Å². The number of nitrogens with zero attached hydrogens (tertiary/aromatic N) is 1. The number of halogens is 1. The van der Waals surface area contributed by atoms with Gasteiger partial charge in [0.1, 0.15) is 10.7 Å². The van der Waals surface area contributed by atoms with Gasteiger partial charge < -0.3 is 11.1 Å². The molecular formula is C13H22ClN3OS. The molecule has 0 unspecified atom stereocenters. The Labute approximate surface area is 124 Å². The summed E-state index contributed by atoms with van der Waals surface area (Å²) in [5.41, 5.74) is 6.36. The van der Waals surface area contributed by atoms with Crippen LogP contribution in [-0.2, 0) is 6.54 Å². The molecule has 108 valence electrons. The fourth-order valence-corrected chi connectivity index (χ4v) is 3.24. The van der Waals surface area contributed by atoms with E-state index < -0.39 is 0 Å².